The maximum absolute atomic E-state index is 10.9. The molecule has 0 aromatic heterocycles. The zero-order valence-corrected chi connectivity index (χ0v) is 11.2. The van der Waals surface area contributed by atoms with Gasteiger partial charge in [-0.15, -0.1) is 0 Å². The third-order valence-corrected chi connectivity index (χ3v) is 2.99. The van der Waals surface area contributed by atoms with Crippen molar-refractivity contribution in [3.05, 3.63) is 69.8 Å². The highest BCUT2D eigenvalue weighted by molar-refractivity contribution is 5.39. The first kappa shape index (κ1) is 14.0. The molecular formula is C15H16N2O3. The molecule has 0 aliphatic heterocycles. The summed E-state index contributed by atoms with van der Waals surface area (Å²) in [7, 11) is 1.63. The highest BCUT2D eigenvalue weighted by atomic mass is 16.6. The molecule has 104 valence electrons. The van der Waals surface area contributed by atoms with E-state index in [1.54, 1.807) is 25.3 Å². The smallest absolute Gasteiger partial charge is 0.273 e. The molecule has 0 atom stereocenters. The Morgan fingerprint density at radius 3 is 2.45 bits per heavy atom. The highest BCUT2D eigenvalue weighted by Gasteiger charge is 2.11. The summed E-state index contributed by atoms with van der Waals surface area (Å²) >= 11 is 0. The van der Waals surface area contributed by atoms with Gasteiger partial charge in [0, 0.05) is 24.7 Å². The van der Waals surface area contributed by atoms with Gasteiger partial charge in [-0.2, -0.15) is 0 Å². The van der Waals surface area contributed by atoms with Crippen molar-refractivity contribution in [2.45, 2.75) is 13.1 Å². The summed E-state index contributed by atoms with van der Waals surface area (Å²) in [5.41, 5.74) is 1.94. The number of ether oxygens (including phenoxy) is 1. The normalized spacial score (nSPS) is 10.2. The average Bonchev–Trinajstić information content (AvgIpc) is 2.48. The van der Waals surface area contributed by atoms with E-state index in [0.29, 0.717) is 18.7 Å². The fourth-order valence-electron chi connectivity index (χ4n) is 1.92. The quantitative estimate of drug-likeness (QED) is 0.648. The molecule has 0 heterocycles. The standard InChI is InChI=1S/C15H16N2O3/c1-20-14-8-6-12(7-9-14)10-16-11-13-4-2-3-5-15(13)17(18)19/h2-9,16H,10-11H2,1H3. The molecule has 0 radical (unpaired) electrons. The van der Waals surface area contributed by atoms with Gasteiger partial charge in [-0.1, -0.05) is 30.3 Å². The zero-order valence-electron chi connectivity index (χ0n) is 11.2. The van der Waals surface area contributed by atoms with Crippen LogP contribution in [0, 0.1) is 10.1 Å². The summed E-state index contributed by atoms with van der Waals surface area (Å²) in [6, 6.07) is 14.5. The molecule has 20 heavy (non-hydrogen) atoms. The first-order valence-corrected chi connectivity index (χ1v) is 6.26. The van der Waals surface area contributed by atoms with E-state index in [-0.39, 0.29) is 10.6 Å². The minimum atomic E-state index is -0.357. The number of hydrogen-bond acceptors (Lipinski definition) is 4. The Morgan fingerprint density at radius 2 is 1.80 bits per heavy atom. The second-order valence-electron chi connectivity index (χ2n) is 4.34. The zero-order chi connectivity index (χ0) is 14.4. The van der Waals surface area contributed by atoms with Gasteiger partial charge in [0.25, 0.3) is 5.69 Å². The van der Waals surface area contributed by atoms with E-state index in [2.05, 4.69) is 5.32 Å². The van der Waals surface area contributed by atoms with Gasteiger partial charge < -0.3 is 10.1 Å². The van der Waals surface area contributed by atoms with Crippen LogP contribution in [-0.4, -0.2) is 12.0 Å². The van der Waals surface area contributed by atoms with Gasteiger partial charge in [-0.25, -0.2) is 0 Å². The van der Waals surface area contributed by atoms with E-state index in [4.69, 9.17) is 4.74 Å². The van der Waals surface area contributed by atoms with E-state index in [1.807, 2.05) is 24.3 Å². The van der Waals surface area contributed by atoms with Crippen LogP contribution in [0.1, 0.15) is 11.1 Å². The summed E-state index contributed by atoms with van der Waals surface area (Å²) in [6.45, 7) is 1.11. The van der Waals surface area contributed by atoms with E-state index in [1.165, 1.54) is 6.07 Å². The summed E-state index contributed by atoms with van der Waals surface area (Å²) < 4.78 is 5.09. The van der Waals surface area contributed by atoms with Crippen molar-refractivity contribution in [2.75, 3.05) is 7.11 Å². The number of para-hydroxylation sites is 1. The molecule has 0 bridgehead atoms. The predicted octanol–water partition coefficient (Wildman–Crippen LogP) is 2.89. The van der Waals surface area contributed by atoms with Crippen molar-refractivity contribution in [3.63, 3.8) is 0 Å². The average molecular weight is 272 g/mol. The Kier molecular flexibility index (Phi) is 4.68. The van der Waals surface area contributed by atoms with E-state index >= 15 is 0 Å². The first-order valence-electron chi connectivity index (χ1n) is 6.26. The van der Waals surface area contributed by atoms with Crippen LogP contribution in [0.15, 0.2) is 48.5 Å². The monoisotopic (exact) mass is 272 g/mol. The van der Waals surface area contributed by atoms with Gasteiger partial charge in [-0.3, -0.25) is 10.1 Å². The number of nitrogens with zero attached hydrogens (tertiary/aromatic N) is 1. The SMILES string of the molecule is COc1ccc(CNCc2ccccc2[N+](=O)[O-])cc1. The molecule has 2 aromatic rings. The first-order chi connectivity index (χ1) is 9.70. The topological polar surface area (TPSA) is 64.4 Å². The van der Waals surface area contributed by atoms with Crippen LogP contribution in [0.25, 0.3) is 0 Å². The van der Waals surface area contributed by atoms with Crippen LogP contribution in [0.3, 0.4) is 0 Å². The van der Waals surface area contributed by atoms with Crippen molar-refractivity contribution in [3.8, 4) is 5.75 Å². The number of benzene rings is 2. The Labute approximate surface area is 117 Å². The van der Waals surface area contributed by atoms with Crippen molar-refractivity contribution >= 4 is 5.69 Å². The van der Waals surface area contributed by atoms with Crippen molar-refractivity contribution in [1.82, 2.24) is 5.32 Å². The lowest BCUT2D eigenvalue weighted by atomic mass is 10.1. The fourth-order valence-corrected chi connectivity index (χ4v) is 1.92. The van der Waals surface area contributed by atoms with Crippen molar-refractivity contribution in [1.29, 1.82) is 0 Å². The number of methoxy groups -OCH3 is 1. The van der Waals surface area contributed by atoms with Gasteiger partial charge in [0.1, 0.15) is 5.75 Å². The number of hydrogen-bond donors (Lipinski definition) is 1. The minimum Gasteiger partial charge on any atom is -0.497 e. The van der Waals surface area contributed by atoms with E-state index in [9.17, 15) is 10.1 Å². The molecule has 0 fully saturated rings. The van der Waals surface area contributed by atoms with Crippen LogP contribution >= 0.6 is 0 Å². The predicted molar refractivity (Wildman–Crippen MR) is 76.6 cm³/mol. The number of nitrogens with one attached hydrogen (secondary N) is 1. The number of rotatable bonds is 6. The maximum Gasteiger partial charge on any atom is 0.273 e. The molecule has 1 N–H and O–H groups in total. The number of nitro benzene ring substituents is 1. The lowest BCUT2D eigenvalue weighted by Crippen LogP contribution is -2.13. The summed E-state index contributed by atoms with van der Waals surface area (Å²) in [6.07, 6.45) is 0. The third-order valence-electron chi connectivity index (χ3n) is 2.99. The second-order valence-corrected chi connectivity index (χ2v) is 4.34. The summed E-state index contributed by atoms with van der Waals surface area (Å²) in [4.78, 5) is 10.5. The van der Waals surface area contributed by atoms with Gasteiger partial charge in [0.05, 0.1) is 12.0 Å². The maximum atomic E-state index is 10.9. The minimum absolute atomic E-state index is 0.148. The largest absolute Gasteiger partial charge is 0.497 e. The van der Waals surface area contributed by atoms with Gasteiger partial charge in [-0.05, 0) is 17.7 Å². The molecular weight excluding hydrogens is 256 g/mol. The van der Waals surface area contributed by atoms with Gasteiger partial charge in [0.2, 0.25) is 0 Å². The molecule has 0 spiro atoms. The lowest BCUT2D eigenvalue weighted by molar-refractivity contribution is -0.385. The molecule has 2 aromatic carbocycles. The van der Waals surface area contributed by atoms with Crippen molar-refractivity contribution in [2.24, 2.45) is 0 Å². The highest BCUT2D eigenvalue weighted by Crippen LogP contribution is 2.17. The Hall–Kier alpha value is -2.40. The molecule has 0 amide bonds. The van der Waals surface area contributed by atoms with E-state index < -0.39 is 0 Å². The fraction of sp³-hybridized carbons (Fsp3) is 0.200. The second kappa shape index (κ2) is 6.68. The third kappa shape index (κ3) is 3.55. The molecule has 5 heteroatoms. The molecule has 2 rings (SSSR count). The lowest BCUT2D eigenvalue weighted by Gasteiger charge is -2.06. The van der Waals surface area contributed by atoms with Crippen LogP contribution in [0.5, 0.6) is 5.75 Å². The molecule has 0 aliphatic rings. The van der Waals surface area contributed by atoms with Crippen LogP contribution in [-0.2, 0) is 13.1 Å². The van der Waals surface area contributed by atoms with Crippen LogP contribution in [0.2, 0.25) is 0 Å². The molecule has 0 aliphatic carbocycles. The Morgan fingerprint density at radius 1 is 1.10 bits per heavy atom. The molecule has 0 unspecified atom stereocenters. The van der Waals surface area contributed by atoms with E-state index in [0.717, 1.165) is 11.3 Å². The Balaban J connectivity index is 1.94. The molecule has 5 nitrogen and oxygen atoms in total. The molecule has 0 saturated heterocycles. The Bertz CT molecular complexity index is 582. The summed E-state index contributed by atoms with van der Waals surface area (Å²) in [5.74, 6) is 0.812. The molecule has 0 saturated carbocycles. The van der Waals surface area contributed by atoms with Crippen molar-refractivity contribution < 1.29 is 9.66 Å². The van der Waals surface area contributed by atoms with Gasteiger partial charge in [0.15, 0.2) is 0 Å². The van der Waals surface area contributed by atoms with Crippen LogP contribution in [0.4, 0.5) is 5.69 Å². The summed E-state index contributed by atoms with van der Waals surface area (Å²) in [5, 5.41) is 14.1. The number of nitro groups is 1. The van der Waals surface area contributed by atoms with Crippen LogP contribution < -0.4 is 10.1 Å². The van der Waals surface area contributed by atoms with Gasteiger partial charge >= 0.3 is 0 Å².